The Morgan fingerprint density at radius 2 is 2.39 bits per heavy atom. The van der Waals surface area contributed by atoms with E-state index in [2.05, 4.69) is 15.4 Å². The van der Waals surface area contributed by atoms with Crippen molar-refractivity contribution in [1.29, 1.82) is 0 Å². The second-order valence-electron chi connectivity index (χ2n) is 4.17. The first-order valence-corrected chi connectivity index (χ1v) is 5.60. The molecule has 3 rings (SSSR count). The average molecular weight is 244 g/mol. The number of allylic oxidation sites excluding steroid dienone is 2. The predicted octanol–water partition coefficient (Wildman–Crippen LogP) is 1.75. The third kappa shape index (κ3) is 1.46. The number of carbonyl (C=O) groups excluding carboxylic acids is 1. The molecule has 0 saturated heterocycles. The monoisotopic (exact) mass is 244 g/mol. The Balaban J connectivity index is 2.21. The highest BCUT2D eigenvalue weighted by Gasteiger charge is 2.33. The number of nitrogens with zero attached hydrogens (tertiary/aromatic N) is 3. The molecule has 6 heteroatoms. The summed E-state index contributed by atoms with van der Waals surface area (Å²) in [5.74, 6) is 1.27. The summed E-state index contributed by atoms with van der Waals surface area (Å²) >= 11 is 0. The molecule has 1 aliphatic rings. The quantitative estimate of drug-likeness (QED) is 0.871. The largest absolute Gasteiger partial charge is 0.467 e. The van der Waals surface area contributed by atoms with Gasteiger partial charge in [-0.3, -0.25) is 4.79 Å². The van der Waals surface area contributed by atoms with Crippen LogP contribution in [-0.2, 0) is 4.79 Å². The molecular weight excluding hydrogens is 232 g/mol. The maximum Gasteiger partial charge on any atom is 0.226 e. The molecule has 1 N–H and O–H groups in total. The lowest BCUT2D eigenvalue weighted by atomic mass is 9.98. The molecule has 0 fully saturated rings. The molecule has 0 unspecified atom stereocenters. The van der Waals surface area contributed by atoms with Crippen LogP contribution in [0.2, 0.25) is 0 Å². The third-order valence-corrected chi connectivity index (χ3v) is 2.99. The smallest absolute Gasteiger partial charge is 0.226 e. The Labute approximate surface area is 103 Å². The number of carbonyl (C=O) groups is 1. The highest BCUT2D eigenvalue weighted by atomic mass is 16.3. The van der Waals surface area contributed by atoms with Crippen molar-refractivity contribution in [2.75, 3.05) is 5.32 Å². The molecule has 6 nitrogen and oxygen atoms in total. The molecule has 18 heavy (non-hydrogen) atoms. The summed E-state index contributed by atoms with van der Waals surface area (Å²) < 4.78 is 7.08. The zero-order chi connectivity index (χ0) is 12.7. The van der Waals surface area contributed by atoms with Crippen molar-refractivity contribution < 1.29 is 9.21 Å². The van der Waals surface area contributed by atoms with Gasteiger partial charge in [0.2, 0.25) is 5.95 Å². The van der Waals surface area contributed by atoms with Crippen molar-refractivity contribution in [3.8, 4) is 0 Å². The molecule has 1 aliphatic heterocycles. The number of anilines is 1. The lowest BCUT2D eigenvalue weighted by Crippen LogP contribution is -2.27. The Bertz CT molecular complexity index is 624. The minimum absolute atomic E-state index is 0.0115. The topological polar surface area (TPSA) is 73.0 Å². The molecule has 0 spiro atoms. The van der Waals surface area contributed by atoms with Crippen molar-refractivity contribution in [2.24, 2.45) is 0 Å². The van der Waals surface area contributed by atoms with Crippen molar-refractivity contribution in [1.82, 2.24) is 14.8 Å². The SMILES string of the molecule is CC(=O)C1=C(C)Nc2ncnn2[C@@H]1c1ccco1. The van der Waals surface area contributed by atoms with Crippen molar-refractivity contribution >= 4 is 11.7 Å². The molecular formula is C12H12N4O2. The van der Waals surface area contributed by atoms with Gasteiger partial charge in [-0.05, 0) is 26.0 Å². The molecule has 0 radical (unpaired) electrons. The van der Waals surface area contributed by atoms with E-state index < -0.39 is 0 Å². The van der Waals surface area contributed by atoms with Gasteiger partial charge in [-0.1, -0.05) is 0 Å². The van der Waals surface area contributed by atoms with E-state index in [-0.39, 0.29) is 11.8 Å². The fourth-order valence-electron chi connectivity index (χ4n) is 2.26. The van der Waals surface area contributed by atoms with Gasteiger partial charge in [0.25, 0.3) is 0 Å². The maximum atomic E-state index is 11.8. The van der Waals surface area contributed by atoms with E-state index in [0.29, 0.717) is 17.3 Å². The van der Waals surface area contributed by atoms with E-state index in [1.165, 1.54) is 6.33 Å². The molecule has 3 heterocycles. The van der Waals surface area contributed by atoms with E-state index in [9.17, 15) is 4.79 Å². The number of Topliss-reactive ketones (excluding diaryl/α,β-unsaturated/α-hetero) is 1. The molecule has 92 valence electrons. The van der Waals surface area contributed by atoms with Gasteiger partial charge in [0, 0.05) is 11.3 Å². The van der Waals surface area contributed by atoms with Crippen LogP contribution in [0.5, 0.6) is 0 Å². The summed E-state index contributed by atoms with van der Waals surface area (Å²) in [5, 5.41) is 7.23. The third-order valence-electron chi connectivity index (χ3n) is 2.99. The van der Waals surface area contributed by atoms with Crippen LogP contribution in [0.3, 0.4) is 0 Å². The first-order chi connectivity index (χ1) is 8.68. The van der Waals surface area contributed by atoms with Gasteiger partial charge in [-0.25, -0.2) is 4.68 Å². The lowest BCUT2D eigenvalue weighted by Gasteiger charge is -2.26. The Kier molecular flexibility index (Phi) is 2.29. The summed E-state index contributed by atoms with van der Waals surface area (Å²) in [4.78, 5) is 16.0. The molecule has 1 atom stereocenters. The van der Waals surface area contributed by atoms with E-state index >= 15 is 0 Å². The van der Waals surface area contributed by atoms with Crippen molar-refractivity contribution in [3.63, 3.8) is 0 Å². The van der Waals surface area contributed by atoms with Gasteiger partial charge in [-0.2, -0.15) is 10.1 Å². The van der Waals surface area contributed by atoms with Crippen molar-refractivity contribution in [3.05, 3.63) is 41.8 Å². The number of fused-ring (bicyclic) bond motifs is 1. The van der Waals surface area contributed by atoms with Crippen LogP contribution in [0.15, 0.2) is 40.4 Å². The average Bonchev–Trinajstić information content (AvgIpc) is 2.96. The molecule has 2 aromatic rings. The minimum Gasteiger partial charge on any atom is -0.467 e. The molecule has 0 saturated carbocycles. The molecule has 2 aromatic heterocycles. The number of hydrogen-bond donors (Lipinski definition) is 1. The zero-order valence-corrected chi connectivity index (χ0v) is 10.0. The first kappa shape index (κ1) is 10.8. The lowest BCUT2D eigenvalue weighted by molar-refractivity contribution is -0.114. The van der Waals surface area contributed by atoms with Crippen LogP contribution in [0.1, 0.15) is 25.6 Å². The molecule has 0 amide bonds. The van der Waals surface area contributed by atoms with E-state index in [1.54, 1.807) is 23.9 Å². The van der Waals surface area contributed by atoms with Crippen LogP contribution in [-0.4, -0.2) is 20.5 Å². The molecule has 0 aromatic carbocycles. The number of ketones is 1. The normalized spacial score (nSPS) is 18.4. The summed E-state index contributed by atoms with van der Waals surface area (Å²) in [6, 6.07) is 3.27. The van der Waals surface area contributed by atoms with Crippen LogP contribution in [0, 0.1) is 0 Å². The number of hydrogen-bond acceptors (Lipinski definition) is 5. The Morgan fingerprint density at radius 1 is 1.56 bits per heavy atom. The molecule has 0 bridgehead atoms. The maximum absolute atomic E-state index is 11.8. The van der Waals surface area contributed by atoms with Gasteiger partial charge < -0.3 is 9.73 Å². The number of rotatable bonds is 2. The van der Waals surface area contributed by atoms with Gasteiger partial charge >= 0.3 is 0 Å². The summed E-state index contributed by atoms with van der Waals surface area (Å²) in [7, 11) is 0. The number of aromatic nitrogens is 3. The number of nitrogens with one attached hydrogen (secondary N) is 1. The zero-order valence-electron chi connectivity index (χ0n) is 10.0. The van der Waals surface area contributed by atoms with Gasteiger partial charge in [0.15, 0.2) is 5.78 Å². The fraction of sp³-hybridized carbons (Fsp3) is 0.250. The second kappa shape index (κ2) is 3.83. The highest BCUT2D eigenvalue weighted by Crippen LogP contribution is 2.34. The minimum atomic E-state index is -0.351. The van der Waals surface area contributed by atoms with Gasteiger partial charge in [-0.15, -0.1) is 0 Å². The first-order valence-electron chi connectivity index (χ1n) is 5.60. The standard InChI is InChI=1S/C12H12N4O2/c1-7-10(8(2)17)11(9-4-3-5-18-9)16-12(15-7)13-6-14-16/h3-6,11H,1-2H3,(H,13,14,15)/t11-/m1/s1. The Morgan fingerprint density at radius 3 is 3.06 bits per heavy atom. The van der Waals surface area contributed by atoms with Crippen LogP contribution in [0.4, 0.5) is 5.95 Å². The van der Waals surface area contributed by atoms with Crippen LogP contribution >= 0.6 is 0 Å². The Hall–Kier alpha value is -2.37. The second-order valence-corrected chi connectivity index (χ2v) is 4.17. The van der Waals surface area contributed by atoms with Crippen LogP contribution in [0.25, 0.3) is 0 Å². The van der Waals surface area contributed by atoms with E-state index in [1.807, 2.05) is 13.0 Å². The summed E-state index contributed by atoms with van der Waals surface area (Å²) in [6.45, 7) is 3.39. The number of furan rings is 1. The fourth-order valence-corrected chi connectivity index (χ4v) is 2.26. The van der Waals surface area contributed by atoms with Crippen LogP contribution < -0.4 is 5.32 Å². The van der Waals surface area contributed by atoms with Gasteiger partial charge in [0.1, 0.15) is 18.1 Å². The highest BCUT2D eigenvalue weighted by molar-refractivity contribution is 5.96. The van der Waals surface area contributed by atoms with E-state index in [4.69, 9.17) is 4.42 Å². The molecule has 0 aliphatic carbocycles. The van der Waals surface area contributed by atoms with Gasteiger partial charge in [0.05, 0.1) is 6.26 Å². The van der Waals surface area contributed by atoms with Crippen molar-refractivity contribution in [2.45, 2.75) is 19.9 Å². The predicted molar refractivity (Wildman–Crippen MR) is 63.9 cm³/mol. The summed E-state index contributed by atoms with van der Waals surface area (Å²) in [5.41, 5.74) is 1.42. The van der Waals surface area contributed by atoms with E-state index in [0.717, 1.165) is 5.70 Å². The summed E-state index contributed by atoms with van der Waals surface area (Å²) in [6.07, 6.45) is 3.04.